The summed E-state index contributed by atoms with van der Waals surface area (Å²) in [6.07, 6.45) is 3.21. The van der Waals surface area contributed by atoms with Crippen LogP contribution in [-0.2, 0) is 20.5 Å². The number of fused-ring (bicyclic) bond motifs is 4. The molecule has 0 saturated carbocycles. The molecule has 0 unspecified atom stereocenters. The van der Waals surface area contributed by atoms with Gasteiger partial charge in [0.05, 0.1) is 34.0 Å². The van der Waals surface area contributed by atoms with Crippen molar-refractivity contribution in [3.05, 3.63) is 92.1 Å². The molecule has 5 heterocycles. The molecule has 7 rings (SSSR count). The van der Waals surface area contributed by atoms with Crippen LogP contribution < -0.4 is 9.64 Å². The molecular formula is C38H37Cl2N7O2. The van der Waals surface area contributed by atoms with E-state index in [-0.39, 0.29) is 11.9 Å². The van der Waals surface area contributed by atoms with E-state index in [1.54, 1.807) is 6.07 Å². The largest absolute Gasteiger partial charge is 0.494 e. The maximum Gasteiger partial charge on any atom is 0.275 e. The van der Waals surface area contributed by atoms with Crippen LogP contribution in [0.1, 0.15) is 63.6 Å². The molecule has 0 N–H and O–H groups in total. The quantitative estimate of drug-likeness (QED) is 0.156. The number of ether oxygens (including phenoxy) is 1. The van der Waals surface area contributed by atoms with Gasteiger partial charge >= 0.3 is 0 Å². The lowest BCUT2D eigenvalue weighted by molar-refractivity contribution is 0.0957. The number of nitrogens with zero attached hydrogens (tertiary/aromatic N) is 7. The second kappa shape index (κ2) is 12.3. The summed E-state index contributed by atoms with van der Waals surface area (Å²) >= 11 is 13.5. The number of hydrogen-bond donors (Lipinski definition) is 0. The smallest absolute Gasteiger partial charge is 0.275 e. The van der Waals surface area contributed by atoms with Crippen molar-refractivity contribution in [2.24, 2.45) is 14.1 Å². The summed E-state index contributed by atoms with van der Waals surface area (Å²) in [7, 11) is 3.86. The van der Waals surface area contributed by atoms with Crippen LogP contribution in [0.25, 0.3) is 33.1 Å². The number of nitriles is 1. The number of aromatic nitrogens is 5. The molecule has 49 heavy (non-hydrogen) atoms. The van der Waals surface area contributed by atoms with E-state index in [0.717, 1.165) is 66.4 Å². The van der Waals surface area contributed by atoms with E-state index in [9.17, 15) is 10.1 Å². The monoisotopic (exact) mass is 693 g/mol. The first-order valence-corrected chi connectivity index (χ1v) is 17.1. The van der Waals surface area contributed by atoms with Crippen LogP contribution in [0.15, 0.2) is 42.6 Å². The van der Waals surface area contributed by atoms with Crippen molar-refractivity contribution in [2.45, 2.75) is 53.5 Å². The molecule has 1 amide bonds. The fourth-order valence-electron chi connectivity index (χ4n) is 7.44. The Morgan fingerprint density at radius 3 is 2.45 bits per heavy atom. The van der Waals surface area contributed by atoms with Gasteiger partial charge in [0.15, 0.2) is 0 Å². The number of amides is 1. The van der Waals surface area contributed by atoms with Gasteiger partial charge in [0.2, 0.25) is 0 Å². The van der Waals surface area contributed by atoms with Crippen molar-refractivity contribution in [1.82, 2.24) is 23.9 Å². The van der Waals surface area contributed by atoms with Gasteiger partial charge in [-0.2, -0.15) is 10.4 Å². The van der Waals surface area contributed by atoms with E-state index in [4.69, 9.17) is 33.0 Å². The number of carbonyl (C=O) groups excluding carboxylic acids is 1. The third-order valence-corrected chi connectivity index (χ3v) is 10.7. The average molecular weight is 695 g/mol. The van der Waals surface area contributed by atoms with E-state index in [1.807, 2.05) is 92.5 Å². The second-order valence-electron chi connectivity index (χ2n) is 13.1. The molecule has 0 fully saturated rings. The summed E-state index contributed by atoms with van der Waals surface area (Å²) in [6, 6.07) is 13.5. The minimum Gasteiger partial charge on any atom is -0.494 e. The molecule has 1 atom stereocenters. The van der Waals surface area contributed by atoms with Gasteiger partial charge in [0.25, 0.3) is 5.91 Å². The first-order chi connectivity index (χ1) is 23.4. The molecule has 0 bridgehead atoms. The summed E-state index contributed by atoms with van der Waals surface area (Å²) in [5.41, 5.74) is 10.7. The summed E-state index contributed by atoms with van der Waals surface area (Å²) in [5, 5.41) is 16.7. The Bertz CT molecular complexity index is 2350. The number of pyridine rings is 1. The lowest BCUT2D eigenvalue weighted by Crippen LogP contribution is -2.42. The Labute approximate surface area is 295 Å². The highest BCUT2D eigenvalue weighted by Gasteiger charge is 2.38. The Balaban J connectivity index is 1.38. The predicted molar refractivity (Wildman–Crippen MR) is 195 cm³/mol. The highest BCUT2D eigenvalue weighted by Crippen LogP contribution is 2.45. The third-order valence-electron chi connectivity index (χ3n) is 9.78. The molecule has 0 saturated heterocycles. The van der Waals surface area contributed by atoms with E-state index >= 15 is 0 Å². The van der Waals surface area contributed by atoms with Crippen molar-refractivity contribution in [1.29, 1.82) is 5.26 Å². The van der Waals surface area contributed by atoms with Gasteiger partial charge in [0.1, 0.15) is 28.7 Å². The predicted octanol–water partition coefficient (Wildman–Crippen LogP) is 8.57. The summed E-state index contributed by atoms with van der Waals surface area (Å²) in [6.45, 7) is 11.0. The van der Waals surface area contributed by atoms with Crippen molar-refractivity contribution in [2.75, 3.05) is 18.1 Å². The van der Waals surface area contributed by atoms with Crippen molar-refractivity contribution >= 4 is 56.7 Å². The number of aryl methyl sites for hydroxylation is 6. The second-order valence-corrected chi connectivity index (χ2v) is 13.9. The first-order valence-electron chi connectivity index (χ1n) is 16.3. The van der Waals surface area contributed by atoms with Gasteiger partial charge in [-0.25, -0.2) is 4.98 Å². The van der Waals surface area contributed by atoms with Crippen molar-refractivity contribution < 1.29 is 9.53 Å². The Morgan fingerprint density at radius 2 is 1.78 bits per heavy atom. The van der Waals surface area contributed by atoms with Crippen molar-refractivity contribution in [3.8, 4) is 22.9 Å². The van der Waals surface area contributed by atoms with Gasteiger partial charge in [-0.1, -0.05) is 29.3 Å². The van der Waals surface area contributed by atoms with Crippen LogP contribution in [0.5, 0.6) is 5.75 Å². The molecule has 9 nitrogen and oxygen atoms in total. The van der Waals surface area contributed by atoms with E-state index in [1.165, 1.54) is 0 Å². The lowest BCUT2D eigenvalue weighted by atomic mass is 9.98. The molecule has 0 radical (unpaired) electrons. The molecule has 1 aliphatic heterocycles. The fourth-order valence-corrected chi connectivity index (χ4v) is 7.79. The highest BCUT2D eigenvalue weighted by atomic mass is 35.5. The van der Waals surface area contributed by atoms with Crippen molar-refractivity contribution in [3.63, 3.8) is 0 Å². The topological polar surface area (TPSA) is 93.9 Å². The molecule has 6 aromatic rings. The summed E-state index contributed by atoms with van der Waals surface area (Å²) in [5.74, 6) is 0.656. The van der Waals surface area contributed by atoms with Crippen LogP contribution in [0.3, 0.4) is 0 Å². The Hall–Kier alpha value is -4.78. The number of benzene rings is 2. The van der Waals surface area contributed by atoms with Gasteiger partial charge < -0.3 is 18.8 Å². The van der Waals surface area contributed by atoms with Crippen LogP contribution in [0.4, 0.5) is 5.69 Å². The highest BCUT2D eigenvalue weighted by molar-refractivity contribution is 6.35. The zero-order chi connectivity index (χ0) is 34.9. The number of halogens is 2. The minimum absolute atomic E-state index is 0.107. The normalized spacial score (nSPS) is 14.6. The van der Waals surface area contributed by atoms with Gasteiger partial charge in [0, 0.05) is 60.1 Å². The zero-order valence-electron chi connectivity index (χ0n) is 28.7. The molecule has 0 spiro atoms. The molecule has 2 aromatic carbocycles. The van der Waals surface area contributed by atoms with Crippen LogP contribution in [0.2, 0.25) is 10.0 Å². The molecule has 4 aromatic heterocycles. The SMILES string of the molecule is Cc1cc(OCCCc2c3n(c4c(-c5c(C)nn(C)c5C)c(Cl)ccc24)[C@H](C)CN(c2cn(C)c4ccc(C#N)nc24)C3=O)cc(C)c1Cl. The van der Waals surface area contributed by atoms with Gasteiger partial charge in [-0.15, -0.1) is 0 Å². The molecule has 250 valence electrons. The van der Waals surface area contributed by atoms with E-state index in [0.29, 0.717) is 53.6 Å². The summed E-state index contributed by atoms with van der Waals surface area (Å²) in [4.78, 5) is 21.3. The lowest BCUT2D eigenvalue weighted by Gasteiger charge is -2.34. The van der Waals surface area contributed by atoms with Gasteiger partial charge in [-0.3, -0.25) is 9.48 Å². The maximum atomic E-state index is 14.9. The van der Waals surface area contributed by atoms with Gasteiger partial charge in [-0.05, 0) is 94.5 Å². The van der Waals surface area contributed by atoms with Crippen LogP contribution in [0, 0.1) is 39.0 Å². The number of rotatable bonds is 7. The third kappa shape index (κ3) is 5.25. The Kier molecular flexibility index (Phi) is 8.21. The first kappa shape index (κ1) is 32.8. The standard InChI is InChI=1S/C38H37Cl2N7O2/c1-20-15-26(16-21(2)34(20)40)49-14-8-9-27-28-11-12-29(39)33(32-23(4)43-45(7)24(32)5)36(28)47-22(3)18-46(38(48)37(27)47)31-19-44(6)30-13-10-25(17-41)42-35(30)31/h10-13,15-16,19,22H,8-9,14,18H2,1-7H3/t22-/m1/s1. The fraction of sp³-hybridized carbons (Fsp3) is 0.316. The van der Waals surface area contributed by atoms with Crippen LogP contribution >= 0.6 is 23.2 Å². The van der Waals surface area contributed by atoms with Crippen LogP contribution in [-0.4, -0.2) is 43.0 Å². The molecular weight excluding hydrogens is 657 g/mol. The summed E-state index contributed by atoms with van der Waals surface area (Å²) < 4.78 is 12.2. The number of anilines is 1. The molecule has 11 heteroatoms. The maximum absolute atomic E-state index is 14.9. The average Bonchev–Trinajstić information content (AvgIpc) is 3.67. The van der Waals surface area contributed by atoms with E-state index < -0.39 is 0 Å². The zero-order valence-corrected chi connectivity index (χ0v) is 30.2. The molecule has 0 aliphatic carbocycles. The Morgan fingerprint density at radius 1 is 1.04 bits per heavy atom. The minimum atomic E-state index is -0.118. The molecule has 1 aliphatic rings. The number of hydrogen-bond acceptors (Lipinski definition) is 5. The van der Waals surface area contributed by atoms with E-state index in [2.05, 4.69) is 22.5 Å². The number of carbonyl (C=O) groups is 1.